The summed E-state index contributed by atoms with van der Waals surface area (Å²) >= 11 is 0. The number of ether oxygens (including phenoxy) is 1. The second-order valence-electron chi connectivity index (χ2n) is 6.51. The maximum Gasteiger partial charge on any atom is 0.320 e. The zero-order valence-electron chi connectivity index (χ0n) is 11.8. The van der Waals surface area contributed by atoms with Gasteiger partial charge in [0.05, 0.1) is 12.6 Å². The Kier molecular flexibility index (Phi) is 5.47. The highest BCUT2D eigenvalue weighted by Crippen LogP contribution is 2.26. The molecule has 0 rings (SSSR count). The molecule has 0 aromatic rings. The van der Waals surface area contributed by atoms with Gasteiger partial charge in [0.1, 0.15) is 0 Å². The zero-order chi connectivity index (χ0) is 13.0. The van der Waals surface area contributed by atoms with Gasteiger partial charge in [-0.05, 0) is 39.5 Å². The summed E-state index contributed by atoms with van der Waals surface area (Å²) in [6.45, 7) is 14.8. The molecule has 0 aromatic heterocycles. The van der Waals surface area contributed by atoms with Crippen molar-refractivity contribution in [3.05, 3.63) is 0 Å². The van der Waals surface area contributed by atoms with Gasteiger partial charge in [-0.2, -0.15) is 0 Å². The van der Waals surface area contributed by atoms with Gasteiger partial charge in [0.25, 0.3) is 0 Å². The zero-order valence-corrected chi connectivity index (χ0v) is 11.8. The van der Waals surface area contributed by atoms with Gasteiger partial charge in [-0.3, -0.25) is 4.79 Å². The van der Waals surface area contributed by atoms with E-state index in [0.29, 0.717) is 0 Å². The first-order chi connectivity index (χ1) is 7.02. The Balaban J connectivity index is 4.04. The summed E-state index contributed by atoms with van der Waals surface area (Å²) in [5, 5.41) is 3.25. The van der Waals surface area contributed by atoms with Crippen LogP contribution in [0.3, 0.4) is 0 Å². The van der Waals surface area contributed by atoms with Crippen LogP contribution in [0.5, 0.6) is 0 Å². The molecule has 3 nitrogen and oxygen atoms in total. The third-order valence-corrected chi connectivity index (χ3v) is 2.05. The van der Waals surface area contributed by atoms with E-state index in [1.165, 1.54) is 0 Å². The number of carbonyl (C=O) groups excluding carboxylic acids is 1. The molecular weight excluding hydrogens is 202 g/mol. The Bertz CT molecular complexity index is 227. The Morgan fingerprint density at radius 2 is 1.69 bits per heavy atom. The molecule has 0 aliphatic carbocycles. The first-order valence-corrected chi connectivity index (χ1v) is 5.96. The molecule has 0 aliphatic rings. The summed E-state index contributed by atoms with van der Waals surface area (Å²) in [6.07, 6.45) is 0.967. The maximum absolute atomic E-state index is 11.4. The van der Waals surface area contributed by atoms with E-state index in [1.807, 2.05) is 13.8 Å². The lowest BCUT2D eigenvalue weighted by Crippen LogP contribution is -2.45. The molecule has 0 unspecified atom stereocenters. The molecule has 0 saturated heterocycles. The maximum atomic E-state index is 11.4. The molecule has 96 valence electrons. The topological polar surface area (TPSA) is 38.3 Å². The van der Waals surface area contributed by atoms with Crippen LogP contribution in [-0.4, -0.2) is 24.2 Å². The van der Waals surface area contributed by atoms with Gasteiger partial charge in [0, 0.05) is 5.54 Å². The van der Waals surface area contributed by atoms with Crippen molar-refractivity contribution in [2.75, 3.05) is 6.54 Å². The minimum atomic E-state index is -0.183. The van der Waals surface area contributed by atoms with Crippen LogP contribution in [0.2, 0.25) is 0 Å². The van der Waals surface area contributed by atoms with Crippen molar-refractivity contribution in [2.45, 2.75) is 66.5 Å². The van der Waals surface area contributed by atoms with Crippen molar-refractivity contribution in [3.63, 3.8) is 0 Å². The predicted molar refractivity (Wildman–Crippen MR) is 67.4 cm³/mol. The van der Waals surface area contributed by atoms with Gasteiger partial charge in [0.2, 0.25) is 0 Å². The first kappa shape index (κ1) is 15.4. The summed E-state index contributed by atoms with van der Waals surface area (Å²) in [5.41, 5.74) is 0.201. The smallest absolute Gasteiger partial charge is 0.320 e. The average Bonchev–Trinajstić information content (AvgIpc) is 1.95. The quantitative estimate of drug-likeness (QED) is 0.737. The number of hydrogen-bond acceptors (Lipinski definition) is 3. The minimum absolute atomic E-state index is 0.0416. The highest BCUT2D eigenvalue weighted by Gasteiger charge is 2.25. The molecule has 0 spiro atoms. The summed E-state index contributed by atoms with van der Waals surface area (Å²) in [7, 11) is 0. The van der Waals surface area contributed by atoms with E-state index in [9.17, 15) is 4.79 Å². The van der Waals surface area contributed by atoms with E-state index in [-0.39, 0.29) is 29.6 Å². The lowest BCUT2D eigenvalue weighted by Gasteiger charge is -2.33. The fraction of sp³-hybridized carbons (Fsp3) is 0.923. The molecule has 0 radical (unpaired) electrons. The number of esters is 1. The van der Waals surface area contributed by atoms with E-state index < -0.39 is 0 Å². The van der Waals surface area contributed by atoms with E-state index >= 15 is 0 Å². The Labute approximate surface area is 99.9 Å². The monoisotopic (exact) mass is 229 g/mol. The van der Waals surface area contributed by atoms with Crippen LogP contribution in [0.25, 0.3) is 0 Å². The number of hydrogen-bond donors (Lipinski definition) is 1. The van der Waals surface area contributed by atoms with Gasteiger partial charge in [0.15, 0.2) is 0 Å². The normalized spacial score (nSPS) is 13.0. The second kappa shape index (κ2) is 5.67. The molecule has 0 saturated carbocycles. The largest absolute Gasteiger partial charge is 0.462 e. The molecule has 0 atom stereocenters. The van der Waals surface area contributed by atoms with Crippen molar-refractivity contribution < 1.29 is 9.53 Å². The number of rotatable bonds is 5. The van der Waals surface area contributed by atoms with Gasteiger partial charge in [-0.25, -0.2) is 0 Å². The lowest BCUT2D eigenvalue weighted by atomic mass is 9.82. The summed E-state index contributed by atoms with van der Waals surface area (Å²) < 4.78 is 5.07. The van der Waals surface area contributed by atoms with Crippen molar-refractivity contribution in [3.8, 4) is 0 Å². The van der Waals surface area contributed by atoms with E-state index in [1.54, 1.807) is 0 Å². The lowest BCUT2D eigenvalue weighted by molar-refractivity contribution is -0.146. The van der Waals surface area contributed by atoms with Crippen molar-refractivity contribution in [1.29, 1.82) is 0 Å². The van der Waals surface area contributed by atoms with Crippen LogP contribution in [0.1, 0.15) is 54.9 Å². The van der Waals surface area contributed by atoms with E-state index in [2.05, 4.69) is 39.9 Å². The Morgan fingerprint density at radius 1 is 1.19 bits per heavy atom. The van der Waals surface area contributed by atoms with Crippen molar-refractivity contribution in [1.82, 2.24) is 5.32 Å². The minimum Gasteiger partial charge on any atom is -0.462 e. The molecule has 0 heterocycles. The molecule has 0 aliphatic heterocycles. The molecule has 0 aromatic carbocycles. The predicted octanol–water partition coefficient (Wildman–Crippen LogP) is 2.74. The van der Waals surface area contributed by atoms with Crippen LogP contribution in [0.4, 0.5) is 0 Å². The SMILES string of the molecule is CC(C)OC(=O)CNC(C)(C)CC(C)(C)C. The molecule has 0 amide bonds. The van der Waals surface area contributed by atoms with Gasteiger partial charge in [-0.15, -0.1) is 0 Å². The second-order valence-corrected chi connectivity index (χ2v) is 6.51. The fourth-order valence-electron chi connectivity index (χ4n) is 2.00. The molecule has 0 fully saturated rings. The van der Waals surface area contributed by atoms with Crippen LogP contribution >= 0.6 is 0 Å². The highest BCUT2D eigenvalue weighted by atomic mass is 16.5. The Morgan fingerprint density at radius 3 is 2.06 bits per heavy atom. The van der Waals surface area contributed by atoms with Crippen LogP contribution in [0.15, 0.2) is 0 Å². The van der Waals surface area contributed by atoms with Crippen molar-refractivity contribution in [2.24, 2.45) is 5.41 Å². The average molecular weight is 229 g/mol. The summed E-state index contributed by atoms with van der Waals surface area (Å²) in [6, 6.07) is 0. The molecule has 1 N–H and O–H groups in total. The van der Waals surface area contributed by atoms with E-state index in [0.717, 1.165) is 6.42 Å². The number of carbonyl (C=O) groups is 1. The van der Waals surface area contributed by atoms with E-state index in [4.69, 9.17) is 4.74 Å². The number of nitrogens with one attached hydrogen (secondary N) is 1. The molecule has 3 heteroatoms. The van der Waals surface area contributed by atoms with Crippen LogP contribution in [0, 0.1) is 5.41 Å². The van der Waals surface area contributed by atoms with Crippen molar-refractivity contribution >= 4 is 5.97 Å². The summed E-state index contributed by atoms with van der Waals surface area (Å²) in [4.78, 5) is 11.4. The van der Waals surface area contributed by atoms with Crippen LogP contribution < -0.4 is 5.32 Å². The van der Waals surface area contributed by atoms with Gasteiger partial charge < -0.3 is 10.1 Å². The van der Waals surface area contributed by atoms with Gasteiger partial charge >= 0.3 is 5.97 Å². The third kappa shape index (κ3) is 8.72. The third-order valence-electron chi connectivity index (χ3n) is 2.05. The molecule has 0 bridgehead atoms. The summed E-state index contributed by atoms with van der Waals surface area (Å²) in [5.74, 6) is -0.183. The molecular formula is C13H27NO2. The molecule has 16 heavy (non-hydrogen) atoms. The van der Waals surface area contributed by atoms with Gasteiger partial charge in [-0.1, -0.05) is 20.8 Å². The Hall–Kier alpha value is -0.570. The fourth-order valence-corrected chi connectivity index (χ4v) is 2.00. The van der Waals surface area contributed by atoms with Crippen LogP contribution in [-0.2, 0) is 9.53 Å². The first-order valence-electron chi connectivity index (χ1n) is 5.96. The standard InChI is InChI=1S/C13H27NO2/c1-10(2)16-11(15)8-14-13(6,7)9-12(3,4)5/h10,14H,8-9H2,1-7H3. The highest BCUT2D eigenvalue weighted by molar-refractivity contribution is 5.71.